The highest BCUT2D eigenvalue weighted by Crippen LogP contribution is 2.03. The summed E-state index contributed by atoms with van der Waals surface area (Å²) in [6, 6.07) is 0. The van der Waals surface area contributed by atoms with Gasteiger partial charge in [0.05, 0.1) is 6.21 Å². The lowest BCUT2D eigenvalue weighted by Crippen LogP contribution is -2.15. The van der Waals surface area contributed by atoms with Gasteiger partial charge in [-0.25, -0.2) is 5.01 Å². The fourth-order valence-electron chi connectivity index (χ4n) is 0.833. The molecule has 5 nitrogen and oxygen atoms in total. The molecule has 0 saturated carbocycles. The number of carbonyl (C=O) groups is 2. The summed E-state index contributed by atoms with van der Waals surface area (Å²) in [7, 11) is 0. The van der Waals surface area contributed by atoms with Gasteiger partial charge in [-0.2, -0.15) is 5.10 Å². The minimum atomic E-state index is -0.424. The van der Waals surface area contributed by atoms with E-state index in [-0.39, 0.29) is 5.91 Å². The molecule has 1 aliphatic heterocycles. The van der Waals surface area contributed by atoms with Gasteiger partial charge in [0.1, 0.15) is 0 Å². The van der Waals surface area contributed by atoms with Gasteiger partial charge in [-0.05, 0) is 12.2 Å². The van der Waals surface area contributed by atoms with Crippen LogP contribution in [0.2, 0.25) is 0 Å². The first kappa shape index (κ1) is 10.2. The standard InChI is InChI=1S/C9H10N2O3/c1-7(12)11-5-3-4-9(6-10-11)14-8(2)13/h3-6H,1-2H3. The van der Waals surface area contributed by atoms with Crippen molar-refractivity contribution >= 4 is 18.1 Å². The first-order valence-electron chi connectivity index (χ1n) is 4.00. The van der Waals surface area contributed by atoms with Crippen molar-refractivity contribution in [1.29, 1.82) is 0 Å². The van der Waals surface area contributed by atoms with Gasteiger partial charge >= 0.3 is 5.97 Å². The van der Waals surface area contributed by atoms with Gasteiger partial charge in [-0.3, -0.25) is 9.59 Å². The Bertz CT molecular complexity index is 342. The molecular weight excluding hydrogens is 184 g/mol. The summed E-state index contributed by atoms with van der Waals surface area (Å²) in [5.74, 6) is -0.333. The second-order valence-corrected chi connectivity index (χ2v) is 2.61. The molecule has 1 amide bonds. The van der Waals surface area contributed by atoms with E-state index in [9.17, 15) is 9.59 Å². The number of ether oxygens (including phenoxy) is 1. The van der Waals surface area contributed by atoms with E-state index in [0.717, 1.165) is 5.01 Å². The van der Waals surface area contributed by atoms with Crippen molar-refractivity contribution < 1.29 is 14.3 Å². The Morgan fingerprint density at radius 3 is 2.71 bits per heavy atom. The summed E-state index contributed by atoms with van der Waals surface area (Å²) < 4.78 is 4.78. The molecule has 0 atom stereocenters. The summed E-state index contributed by atoms with van der Waals surface area (Å²) in [6.07, 6.45) is 5.92. The fourth-order valence-corrected chi connectivity index (χ4v) is 0.833. The van der Waals surface area contributed by atoms with E-state index in [2.05, 4.69) is 5.10 Å². The minimum Gasteiger partial charge on any atom is -0.425 e. The first-order valence-corrected chi connectivity index (χ1v) is 4.00. The van der Waals surface area contributed by atoms with Crippen LogP contribution >= 0.6 is 0 Å². The molecule has 0 N–H and O–H groups in total. The topological polar surface area (TPSA) is 59.0 Å². The Hall–Kier alpha value is -1.91. The predicted molar refractivity (Wildman–Crippen MR) is 50.0 cm³/mol. The molecule has 14 heavy (non-hydrogen) atoms. The van der Waals surface area contributed by atoms with Crippen molar-refractivity contribution in [2.24, 2.45) is 5.10 Å². The molecule has 0 spiro atoms. The van der Waals surface area contributed by atoms with Crippen LogP contribution in [0.5, 0.6) is 0 Å². The van der Waals surface area contributed by atoms with Crippen LogP contribution in [0, 0.1) is 0 Å². The Morgan fingerprint density at radius 1 is 1.43 bits per heavy atom. The van der Waals surface area contributed by atoms with Crippen LogP contribution in [0.4, 0.5) is 0 Å². The number of esters is 1. The van der Waals surface area contributed by atoms with Crippen molar-refractivity contribution in [3.05, 3.63) is 24.1 Å². The number of allylic oxidation sites excluding steroid dienone is 3. The van der Waals surface area contributed by atoms with E-state index in [0.29, 0.717) is 5.76 Å². The van der Waals surface area contributed by atoms with Gasteiger partial charge in [0.2, 0.25) is 5.91 Å². The second kappa shape index (κ2) is 4.36. The van der Waals surface area contributed by atoms with Crippen molar-refractivity contribution in [3.63, 3.8) is 0 Å². The molecule has 1 heterocycles. The lowest BCUT2D eigenvalue weighted by molar-refractivity contribution is -0.136. The van der Waals surface area contributed by atoms with Crippen molar-refractivity contribution in [2.75, 3.05) is 0 Å². The van der Waals surface area contributed by atoms with Crippen molar-refractivity contribution in [2.45, 2.75) is 13.8 Å². The largest absolute Gasteiger partial charge is 0.425 e. The lowest BCUT2D eigenvalue weighted by atomic mass is 10.4. The monoisotopic (exact) mass is 194 g/mol. The van der Waals surface area contributed by atoms with Gasteiger partial charge in [0.25, 0.3) is 0 Å². The SMILES string of the molecule is CC(=O)OC1=CC=CN(C(C)=O)N=C1. The average Bonchev–Trinajstić information content (AvgIpc) is 2.28. The molecule has 0 fully saturated rings. The number of carbonyl (C=O) groups excluding carboxylic acids is 2. The number of hydrogen-bond donors (Lipinski definition) is 0. The van der Waals surface area contributed by atoms with E-state index in [1.165, 1.54) is 26.3 Å². The summed E-state index contributed by atoms with van der Waals surface area (Å²) >= 11 is 0. The zero-order valence-electron chi connectivity index (χ0n) is 7.93. The molecule has 0 aromatic heterocycles. The molecule has 0 aliphatic carbocycles. The summed E-state index contributed by atoms with van der Waals surface area (Å²) in [5.41, 5.74) is 0. The molecule has 0 radical (unpaired) electrons. The second-order valence-electron chi connectivity index (χ2n) is 2.61. The smallest absolute Gasteiger partial charge is 0.308 e. The van der Waals surface area contributed by atoms with E-state index >= 15 is 0 Å². The summed E-state index contributed by atoms with van der Waals surface area (Å²) in [4.78, 5) is 21.5. The van der Waals surface area contributed by atoms with E-state index in [4.69, 9.17) is 4.74 Å². The minimum absolute atomic E-state index is 0.213. The van der Waals surface area contributed by atoms with Crippen LogP contribution in [0.25, 0.3) is 0 Å². The number of amides is 1. The summed E-state index contributed by atoms with van der Waals surface area (Å²) in [6.45, 7) is 2.69. The Morgan fingerprint density at radius 2 is 2.14 bits per heavy atom. The van der Waals surface area contributed by atoms with Gasteiger partial charge in [0.15, 0.2) is 5.76 Å². The third-order valence-corrected chi connectivity index (χ3v) is 1.38. The fraction of sp³-hybridized carbons (Fsp3) is 0.222. The Kier molecular flexibility index (Phi) is 3.17. The highest BCUT2D eigenvalue weighted by Gasteiger charge is 2.05. The Balaban J connectivity index is 2.73. The molecule has 0 bridgehead atoms. The van der Waals surface area contributed by atoms with E-state index in [1.54, 1.807) is 12.2 Å². The van der Waals surface area contributed by atoms with E-state index in [1.807, 2.05) is 0 Å². The number of rotatable bonds is 1. The third kappa shape index (κ3) is 2.85. The third-order valence-electron chi connectivity index (χ3n) is 1.38. The van der Waals surface area contributed by atoms with Gasteiger partial charge in [-0.15, -0.1) is 0 Å². The number of nitrogens with zero attached hydrogens (tertiary/aromatic N) is 2. The van der Waals surface area contributed by atoms with Crippen LogP contribution in [0.3, 0.4) is 0 Å². The molecule has 1 aliphatic rings. The number of hydrazone groups is 1. The van der Waals surface area contributed by atoms with Crippen LogP contribution < -0.4 is 0 Å². The molecule has 0 unspecified atom stereocenters. The van der Waals surface area contributed by atoms with Crippen LogP contribution in [-0.4, -0.2) is 23.1 Å². The molecule has 0 saturated heterocycles. The number of hydrogen-bond acceptors (Lipinski definition) is 4. The highest BCUT2D eigenvalue weighted by molar-refractivity contribution is 5.84. The maximum atomic E-state index is 10.9. The van der Waals surface area contributed by atoms with Crippen LogP contribution in [-0.2, 0) is 14.3 Å². The predicted octanol–water partition coefficient (Wildman–Crippen LogP) is 0.795. The first-order chi connectivity index (χ1) is 6.59. The molecular formula is C9H10N2O3. The Labute approximate surface area is 81.3 Å². The van der Waals surface area contributed by atoms with Gasteiger partial charge in [0, 0.05) is 20.0 Å². The summed E-state index contributed by atoms with van der Waals surface area (Å²) in [5, 5.41) is 4.93. The normalized spacial score (nSPS) is 14.7. The zero-order chi connectivity index (χ0) is 10.6. The zero-order valence-corrected chi connectivity index (χ0v) is 7.93. The maximum Gasteiger partial charge on any atom is 0.308 e. The van der Waals surface area contributed by atoms with Crippen LogP contribution in [0.15, 0.2) is 29.2 Å². The van der Waals surface area contributed by atoms with Crippen molar-refractivity contribution in [3.8, 4) is 0 Å². The maximum absolute atomic E-state index is 10.9. The van der Waals surface area contributed by atoms with Crippen LogP contribution in [0.1, 0.15) is 13.8 Å². The molecule has 5 heteroatoms. The molecule has 1 rings (SSSR count). The highest BCUT2D eigenvalue weighted by atomic mass is 16.5. The molecule has 0 aromatic rings. The quantitative estimate of drug-likeness (QED) is 0.580. The average molecular weight is 194 g/mol. The molecule has 0 aromatic carbocycles. The van der Waals surface area contributed by atoms with Crippen molar-refractivity contribution in [1.82, 2.24) is 5.01 Å². The molecule has 74 valence electrons. The van der Waals surface area contributed by atoms with E-state index < -0.39 is 5.97 Å². The van der Waals surface area contributed by atoms with Gasteiger partial charge < -0.3 is 4.74 Å². The van der Waals surface area contributed by atoms with Gasteiger partial charge in [-0.1, -0.05) is 0 Å². The lowest BCUT2D eigenvalue weighted by Gasteiger charge is -2.06.